The summed E-state index contributed by atoms with van der Waals surface area (Å²) in [6, 6.07) is 19.0. The molecule has 4 rings (SSSR count). The van der Waals surface area contributed by atoms with Gasteiger partial charge in [-0.05, 0) is 70.6 Å². The van der Waals surface area contributed by atoms with Crippen LogP contribution in [0, 0.1) is 0 Å². The number of sulfonamides is 1. The predicted octanol–water partition coefficient (Wildman–Crippen LogP) is 4.55. The number of carbonyl (C=O) groups is 1. The van der Waals surface area contributed by atoms with E-state index in [1.54, 1.807) is 18.2 Å². The van der Waals surface area contributed by atoms with Crippen molar-refractivity contribution in [3.05, 3.63) is 81.6 Å². The SMILES string of the molecule is O=C(NOC1CCCCO1)[C@@H](Cc1ccc(OCc2ccccc2)cc1)NS(=O)(=O)c1ccc(Br)s1. The fourth-order valence-corrected chi connectivity index (χ4v) is 6.79. The largest absolute Gasteiger partial charge is 0.489 e. The molecule has 0 spiro atoms. The first kappa shape index (κ1) is 26.8. The molecule has 192 valence electrons. The Balaban J connectivity index is 1.42. The zero-order chi connectivity index (χ0) is 25.4. The number of carbonyl (C=O) groups excluding carboxylic acids is 1. The Bertz CT molecular complexity index is 1230. The number of rotatable bonds is 11. The summed E-state index contributed by atoms with van der Waals surface area (Å²) in [6.07, 6.45) is 2.10. The average molecular weight is 596 g/mol. The van der Waals surface area contributed by atoms with Crippen LogP contribution in [0.4, 0.5) is 0 Å². The van der Waals surface area contributed by atoms with Gasteiger partial charge in [0.1, 0.15) is 22.6 Å². The summed E-state index contributed by atoms with van der Waals surface area (Å²) >= 11 is 4.34. The first-order valence-corrected chi connectivity index (χ1v) is 14.6. The Kier molecular flexibility index (Phi) is 9.52. The van der Waals surface area contributed by atoms with Gasteiger partial charge in [-0.3, -0.25) is 4.79 Å². The molecule has 2 atom stereocenters. The van der Waals surface area contributed by atoms with Crippen molar-refractivity contribution in [2.45, 2.75) is 48.8 Å². The molecule has 2 N–H and O–H groups in total. The third-order valence-corrected chi connectivity index (χ3v) is 9.05. The van der Waals surface area contributed by atoms with Gasteiger partial charge in [0.2, 0.25) is 0 Å². The van der Waals surface area contributed by atoms with E-state index in [2.05, 4.69) is 26.1 Å². The van der Waals surface area contributed by atoms with E-state index >= 15 is 0 Å². The first-order valence-electron chi connectivity index (χ1n) is 11.5. The molecule has 1 unspecified atom stereocenters. The van der Waals surface area contributed by atoms with Gasteiger partial charge in [0, 0.05) is 13.0 Å². The molecule has 0 bridgehead atoms. The van der Waals surface area contributed by atoms with Gasteiger partial charge in [-0.2, -0.15) is 4.72 Å². The maximum Gasteiger partial charge on any atom is 0.262 e. The number of thiophene rings is 1. The average Bonchev–Trinajstić information content (AvgIpc) is 3.35. The van der Waals surface area contributed by atoms with Gasteiger partial charge in [-0.1, -0.05) is 42.5 Å². The summed E-state index contributed by atoms with van der Waals surface area (Å²) in [5.74, 6) is 0.0678. The minimum atomic E-state index is -3.93. The van der Waals surface area contributed by atoms with Crippen LogP contribution in [0.15, 0.2) is 74.7 Å². The number of amides is 1. The molecule has 0 aliphatic carbocycles. The topological polar surface area (TPSA) is 103 Å². The zero-order valence-electron chi connectivity index (χ0n) is 19.4. The fraction of sp³-hybridized carbons (Fsp3) is 0.320. The van der Waals surface area contributed by atoms with Crippen LogP contribution in [-0.4, -0.2) is 33.3 Å². The second-order valence-corrected chi connectivity index (χ2v) is 12.6. The molecule has 1 fully saturated rings. The zero-order valence-corrected chi connectivity index (χ0v) is 22.6. The lowest BCUT2D eigenvalue weighted by molar-refractivity contribution is -0.201. The monoisotopic (exact) mass is 594 g/mol. The van der Waals surface area contributed by atoms with Crippen molar-refractivity contribution in [1.29, 1.82) is 0 Å². The summed E-state index contributed by atoms with van der Waals surface area (Å²) in [5, 5.41) is 0. The van der Waals surface area contributed by atoms with E-state index in [4.69, 9.17) is 14.3 Å². The Morgan fingerprint density at radius 2 is 1.83 bits per heavy atom. The normalized spacial score (nSPS) is 16.9. The molecule has 1 amide bonds. The van der Waals surface area contributed by atoms with Crippen molar-refractivity contribution >= 4 is 43.2 Å². The van der Waals surface area contributed by atoms with E-state index in [1.165, 1.54) is 6.07 Å². The molecular weight excluding hydrogens is 568 g/mol. The van der Waals surface area contributed by atoms with Crippen LogP contribution in [0.5, 0.6) is 5.75 Å². The Morgan fingerprint density at radius 3 is 2.50 bits per heavy atom. The van der Waals surface area contributed by atoms with E-state index in [0.29, 0.717) is 29.2 Å². The highest BCUT2D eigenvalue weighted by Crippen LogP contribution is 2.26. The highest BCUT2D eigenvalue weighted by atomic mass is 79.9. The van der Waals surface area contributed by atoms with E-state index in [1.807, 2.05) is 42.5 Å². The van der Waals surface area contributed by atoms with E-state index in [9.17, 15) is 13.2 Å². The molecule has 11 heteroatoms. The van der Waals surface area contributed by atoms with Crippen molar-refractivity contribution in [3.63, 3.8) is 0 Å². The molecular formula is C25H27BrN2O6S2. The molecule has 0 radical (unpaired) electrons. The Hall–Kier alpha value is -2.28. The summed E-state index contributed by atoms with van der Waals surface area (Å²) in [5.41, 5.74) is 4.19. The Labute approximate surface area is 223 Å². The predicted molar refractivity (Wildman–Crippen MR) is 140 cm³/mol. The molecule has 1 aliphatic heterocycles. The second-order valence-electron chi connectivity index (χ2n) is 8.24. The van der Waals surface area contributed by atoms with E-state index < -0.39 is 28.3 Å². The molecule has 2 aromatic carbocycles. The van der Waals surface area contributed by atoms with Crippen LogP contribution in [0.1, 0.15) is 30.4 Å². The van der Waals surface area contributed by atoms with Gasteiger partial charge in [0.15, 0.2) is 6.29 Å². The molecule has 1 aliphatic rings. The lowest BCUT2D eigenvalue weighted by Crippen LogP contribution is -2.48. The number of hydroxylamine groups is 1. The number of benzene rings is 2. The van der Waals surface area contributed by atoms with Gasteiger partial charge in [-0.25, -0.2) is 18.7 Å². The summed E-state index contributed by atoms with van der Waals surface area (Å²) in [4.78, 5) is 18.4. The Morgan fingerprint density at radius 1 is 1.06 bits per heavy atom. The third-order valence-electron chi connectivity index (χ3n) is 5.47. The van der Waals surface area contributed by atoms with Gasteiger partial charge in [0.05, 0.1) is 3.79 Å². The number of nitrogens with one attached hydrogen (secondary N) is 2. The lowest BCUT2D eigenvalue weighted by atomic mass is 10.1. The molecule has 1 aromatic heterocycles. The van der Waals surface area contributed by atoms with E-state index in [-0.39, 0.29) is 10.6 Å². The van der Waals surface area contributed by atoms with E-state index in [0.717, 1.165) is 35.3 Å². The van der Waals surface area contributed by atoms with Crippen molar-refractivity contribution in [2.24, 2.45) is 0 Å². The van der Waals surface area contributed by atoms with Gasteiger partial charge >= 0.3 is 0 Å². The van der Waals surface area contributed by atoms with Crippen LogP contribution in [0.2, 0.25) is 0 Å². The molecule has 2 heterocycles. The van der Waals surface area contributed by atoms with Crippen molar-refractivity contribution in [1.82, 2.24) is 10.2 Å². The van der Waals surface area contributed by atoms with Crippen molar-refractivity contribution < 1.29 is 27.5 Å². The smallest absolute Gasteiger partial charge is 0.262 e. The van der Waals surface area contributed by atoms with Crippen LogP contribution in [0.3, 0.4) is 0 Å². The standard InChI is InChI=1S/C25H27BrN2O6S2/c26-22-13-14-24(35-22)36(30,31)28-21(25(29)27-34-23-8-4-5-15-32-23)16-18-9-11-20(12-10-18)33-17-19-6-2-1-3-7-19/h1-3,6-7,9-14,21,23,28H,4-5,8,15-17H2,(H,27,29)/t21-,23?/m1/s1. The quantitative estimate of drug-likeness (QED) is 0.316. The van der Waals surface area contributed by atoms with Crippen LogP contribution < -0.4 is 14.9 Å². The van der Waals surface area contributed by atoms with Crippen LogP contribution in [0.25, 0.3) is 0 Å². The molecule has 1 saturated heterocycles. The molecule has 8 nitrogen and oxygen atoms in total. The maximum absolute atomic E-state index is 13.0. The fourth-order valence-electron chi connectivity index (χ4n) is 3.57. The minimum Gasteiger partial charge on any atom is -0.489 e. The number of ether oxygens (including phenoxy) is 2. The van der Waals surface area contributed by atoms with Crippen molar-refractivity contribution in [2.75, 3.05) is 6.61 Å². The molecule has 36 heavy (non-hydrogen) atoms. The van der Waals surface area contributed by atoms with Crippen LogP contribution >= 0.6 is 27.3 Å². The highest BCUT2D eigenvalue weighted by Gasteiger charge is 2.28. The molecule has 0 saturated carbocycles. The summed E-state index contributed by atoms with van der Waals surface area (Å²) < 4.78 is 40.5. The summed E-state index contributed by atoms with van der Waals surface area (Å²) in [6.45, 7) is 0.991. The van der Waals surface area contributed by atoms with Crippen LogP contribution in [-0.2, 0) is 37.4 Å². The third kappa shape index (κ3) is 7.86. The second kappa shape index (κ2) is 12.8. The number of hydrogen-bond acceptors (Lipinski definition) is 7. The lowest BCUT2D eigenvalue weighted by Gasteiger charge is -2.24. The summed E-state index contributed by atoms with van der Waals surface area (Å²) in [7, 11) is -3.93. The minimum absolute atomic E-state index is 0.105. The number of halogens is 1. The number of hydrogen-bond donors (Lipinski definition) is 2. The highest BCUT2D eigenvalue weighted by molar-refractivity contribution is 9.11. The van der Waals surface area contributed by atoms with Gasteiger partial charge in [-0.15, -0.1) is 11.3 Å². The first-order chi connectivity index (χ1) is 17.4. The maximum atomic E-state index is 13.0. The molecule has 3 aromatic rings. The van der Waals surface area contributed by atoms with Crippen molar-refractivity contribution in [3.8, 4) is 5.75 Å². The van der Waals surface area contributed by atoms with Gasteiger partial charge in [0.25, 0.3) is 15.9 Å². The van der Waals surface area contributed by atoms with Gasteiger partial charge < -0.3 is 9.47 Å².